The zero-order chi connectivity index (χ0) is 12.1. The summed E-state index contributed by atoms with van der Waals surface area (Å²) >= 11 is 6.71. The summed E-state index contributed by atoms with van der Waals surface area (Å²) in [6.07, 6.45) is 0. The highest BCUT2D eigenvalue weighted by molar-refractivity contribution is 9.10. The Morgan fingerprint density at radius 1 is 0.765 bits per heavy atom. The Morgan fingerprint density at radius 3 is 1.88 bits per heavy atom. The first-order valence-corrected chi connectivity index (χ1v) is 6.45. The molecule has 0 atom stereocenters. The summed E-state index contributed by atoms with van der Waals surface area (Å²) in [5.41, 5.74) is 5.54. The monoisotopic (exact) mass is 352 g/mol. The summed E-state index contributed by atoms with van der Waals surface area (Å²) < 4.78 is 2.03. The lowest BCUT2D eigenvalue weighted by atomic mass is 10.3. The van der Waals surface area contributed by atoms with Gasteiger partial charge in [-0.15, -0.1) is 0 Å². The second-order valence-corrected chi connectivity index (χ2v) is 5.07. The molecule has 0 aliphatic carbocycles. The van der Waals surface area contributed by atoms with Crippen molar-refractivity contribution in [3.63, 3.8) is 0 Å². The molecule has 0 N–H and O–H groups in total. The molecule has 0 saturated heterocycles. The number of hydrogen-bond donors (Lipinski definition) is 0. The Labute approximate surface area is 116 Å². The van der Waals surface area contributed by atoms with Crippen LogP contribution in [0, 0.1) is 0 Å². The molecule has 2 aromatic rings. The minimum Gasteiger partial charge on any atom is -0.350 e. The molecule has 0 heterocycles. The van der Waals surface area contributed by atoms with Gasteiger partial charge in [-0.1, -0.05) is 56.1 Å². The summed E-state index contributed by atoms with van der Waals surface area (Å²) in [4.78, 5) is 0. The zero-order valence-corrected chi connectivity index (χ0v) is 11.9. The number of halogens is 2. The molecule has 0 spiro atoms. The molecule has 2 rings (SSSR count). The van der Waals surface area contributed by atoms with E-state index in [1.54, 1.807) is 0 Å². The van der Waals surface area contributed by atoms with Gasteiger partial charge in [0.2, 0.25) is 0 Å². The van der Waals surface area contributed by atoms with Crippen molar-refractivity contribution in [2.75, 3.05) is 0 Å². The van der Waals surface area contributed by atoms with Crippen LogP contribution >= 0.6 is 31.9 Å². The molecule has 0 unspecified atom stereocenters. The molecule has 0 saturated carbocycles. The van der Waals surface area contributed by atoms with Gasteiger partial charge in [-0.05, 0) is 35.6 Å². The van der Waals surface area contributed by atoms with Gasteiger partial charge in [-0.2, -0.15) is 0 Å². The van der Waals surface area contributed by atoms with E-state index in [-0.39, 0.29) is 0 Å². The quantitative estimate of drug-likeness (QED) is 0.485. The predicted molar refractivity (Wildman–Crippen MR) is 75.8 cm³/mol. The molecule has 2 aromatic carbocycles. The maximum Gasteiger partial charge on any atom is 0.0175 e. The van der Waals surface area contributed by atoms with E-state index in [2.05, 4.69) is 47.6 Å². The van der Waals surface area contributed by atoms with Gasteiger partial charge in [-0.3, -0.25) is 5.22 Å². The lowest BCUT2D eigenvalue weighted by Gasteiger charge is -2.07. The van der Waals surface area contributed by atoms with E-state index >= 15 is 0 Å². The SMILES string of the molecule is Brc1ccc(N=N[N-]c2ccc(Br)cc2)cc1. The van der Waals surface area contributed by atoms with Crippen LogP contribution in [0.2, 0.25) is 0 Å². The summed E-state index contributed by atoms with van der Waals surface area (Å²) in [5.74, 6) is 0. The molecule has 0 aromatic heterocycles. The zero-order valence-electron chi connectivity index (χ0n) is 8.72. The van der Waals surface area contributed by atoms with E-state index < -0.39 is 0 Å². The Hall–Kier alpha value is -1.20. The maximum atomic E-state index is 3.99. The van der Waals surface area contributed by atoms with Crippen molar-refractivity contribution < 1.29 is 0 Å². The van der Waals surface area contributed by atoms with Gasteiger partial charge < -0.3 is 10.5 Å². The number of benzene rings is 2. The van der Waals surface area contributed by atoms with E-state index in [0.29, 0.717) is 0 Å². The van der Waals surface area contributed by atoms with Crippen molar-refractivity contribution >= 4 is 43.2 Å². The fourth-order valence-corrected chi connectivity index (χ4v) is 1.67. The average molecular weight is 354 g/mol. The van der Waals surface area contributed by atoms with E-state index in [1.165, 1.54) is 0 Å². The highest BCUT2D eigenvalue weighted by Gasteiger charge is 1.85. The lowest BCUT2D eigenvalue weighted by Crippen LogP contribution is -1.66. The van der Waals surface area contributed by atoms with E-state index in [0.717, 1.165) is 20.3 Å². The molecule has 17 heavy (non-hydrogen) atoms. The van der Waals surface area contributed by atoms with Crippen molar-refractivity contribution in [3.8, 4) is 0 Å². The molecule has 0 aliphatic heterocycles. The minimum absolute atomic E-state index is 0.772. The molecule has 0 aliphatic rings. The summed E-state index contributed by atoms with van der Waals surface area (Å²) in [6, 6.07) is 15.1. The minimum atomic E-state index is 0.772. The third kappa shape index (κ3) is 3.94. The van der Waals surface area contributed by atoms with E-state index in [1.807, 2.05) is 48.5 Å². The lowest BCUT2D eigenvalue weighted by molar-refractivity contribution is 1.19. The summed E-state index contributed by atoms with van der Waals surface area (Å²) in [6.45, 7) is 0. The fourth-order valence-electron chi connectivity index (χ4n) is 1.14. The van der Waals surface area contributed by atoms with Crippen LogP contribution in [0.3, 0.4) is 0 Å². The first kappa shape index (κ1) is 12.3. The second-order valence-electron chi connectivity index (χ2n) is 3.24. The normalized spacial score (nSPS) is 10.7. The average Bonchev–Trinajstić information content (AvgIpc) is 2.34. The third-order valence-electron chi connectivity index (χ3n) is 1.97. The van der Waals surface area contributed by atoms with E-state index in [9.17, 15) is 0 Å². The van der Waals surface area contributed by atoms with Crippen molar-refractivity contribution in [2.45, 2.75) is 0 Å². The van der Waals surface area contributed by atoms with Gasteiger partial charge >= 0.3 is 0 Å². The first-order chi connectivity index (χ1) is 8.24. The Kier molecular flexibility index (Phi) is 4.28. The molecule has 0 fully saturated rings. The second kappa shape index (κ2) is 5.93. The molecule has 0 radical (unpaired) electrons. The molecular weight excluding hydrogens is 346 g/mol. The van der Waals surface area contributed by atoms with Crippen molar-refractivity contribution in [1.29, 1.82) is 0 Å². The number of nitrogens with zero attached hydrogens (tertiary/aromatic N) is 3. The van der Waals surface area contributed by atoms with Crippen molar-refractivity contribution in [2.24, 2.45) is 10.3 Å². The highest BCUT2D eigenvalue weighted by Crippen LogP contribution is 2.23. The molecule has 86 valence electrons. The smallest absolute Gasteiger partial charge is 0.0175 e. The van der Waals surface area contributed by atoms with Crippen LogP contribution in [0.15, 0.2) is 67.8 Å². The standard InChI is InChI=1S/C12H8Br2N3/c13-9-1-5-11(6-2-9)15-17-16-12-7-3-10(14)4-8-12/h1-8H/q-1. The van der Waals surface area contributed by atoms with Crippen molar-refractivity contribution in [1.82, 2.24) is 0 Å². The molecular formula is C12H8Br2N3-. The van der Waals surface area contributed by atoms with E-state index in [4.69, 9.17) is 0 Å². The van der Waals surface area contributed by atoms with Gasteiger partial charge in [0, 0.05) is 8.95 Å². The highest BCUT2D eigenvalue weighted by atomic mass is 79.9. The summed E-state index contributed by atoms with van der Waals surface area (Å²) in [5, 5.41) is 7.78. The predicted octanol–water partition coefficient (Wildman–Crippen LogP) is 5.92. The van der Waals surface area contributed by atoms with Crippen molar-refractivity contribution in [3.05, 3.63) is 62.9 Å². The molecule has 3 nitrogen and oxygen atoms in total. The van der Waals surface area contributed by atoms with Crippen LogP contribution in [0.5, 0.6) is 0 Å². The van der Waals surface area contributed by atoms with Gasteiger partial charge in [0.05, 0.1) is 0 Å². The van der Waals surface area contributed by atoms with Crippen LogP contribution < -0.4 is 0 Å². The largest absolute Gasteiger partial charge is 0.350 e. The van der Waals surface area contributed by atoms with Crippen LogP contribution in [0.4, 0.5) is 11.4 Å². The Bertz CT molecular complexity index is 506. The summed E-state index contributed by atoms with van der Waals surface area (Å²) in [7, 11) is 0. The molecule has 0 amide bonds. The molecule has 5 heteroatoms. The number of hydrogen-bond acceptors (Lipinski definition) is 2. The van der Waals surface area contributed by atoms with Gasteiger partial charge in [0.25, 0.3) is 0 Å². The van der Waals surface area contributed by atoms with Gasteiger partial charge in [-0.25, -0.2) is 0 Å². The fraction of sp³-hybridized carbons (Fsp3) is 0. The maximum absolute atomic E-state index is 3.99. The van der Waals surface area contributed by atoms with Crippen LogP contribution in [0.25, 0.3) is 5.43 Å². The third-order valence-corrected chi connectivity index (χ3v) is 3.03. The Morgan fingerprint density at radius 2 is 1.29 bits per heavy atom. The molecule has 0 bridgehead atoms. The van der Waals surface area contributed by atoms with Gasteiger partial charge in [0.1, 0.15) is 0 Å². The topological polar surface area (TPSA) is 38.8 Å². The number of rotatable bonds is 3. The van der Waals surface area contributed by atoms with Gasteiger partial charge in [0.15, 0.2) is 0 Å². The van der Waals surface area contributed by atoms with Crippen LogP contribution in [-0.4, -0.2) is 0 Å². The van der Waals surface area contributed by atoms with Crippen LogP contribution in [-0.2, 0) is 0 Å². The van der Waals surface area contributed by atoms with Crippen LogP contribution in [0.1, 0.15) is 0 Å². The first-order valence-electron chi connectivity index (χ1n) is 4.87. The Balaban J connectivity index is 1.97.